The average molecular weight is 248 g/mol. The molecule has 0 aliphatic heterocycles. The number of carbonyl (C=O) groups is 1. The van der Waals surface area contributed by atoms with Crippen molar-refractivity contribution in [1.82, 2.24) is 5.43 Å². The Morgan fingerprint density at radius 2 is 2.29 bits per heavy atom. The normalized spacial score (nSPS) is 11.5. The molecule has 88 valence electrons. The minimum Gasteiger partial charge on any atom is -0.469 e. The second-order valence-electron chi connectivity index (χ2n) is 3.51. The van der Waals surface area contributed by atoms with Crippen molar-refractivity contribution in [3.05, 3.63) is 46.0 Å². The zero-order valence-corrected chi connectivity index (χ0v) is 10.4. The van der Waals surface area contributed by atoms with Crippen molar-refractivity contribution in [2.75, 3.05) is 0 Å². The maximum atomic E-state index is 11.7. The van der Waals surface area contributed by atoms with Gasteiger partial charge in [0.2, 0.25) is 0 Å². The highest BCUT2D eigenvalue weighted by Crippen LogP contribution is 2.10. The molecule has 0 radical (unpaired) electrons. The van der Waals surface area contributed by atoms with Crippen LogP contribution in [-0.2, 0) is 0 Å². The molecule has 2 heterocycles. The Labute approximate surface area is 103 Å². The van der Waals surface area contributed by atoms with Gasteiger partial charge in [0.05, 0.1) is 17.5 Å². The Morgan fingerprint density at radius 3 is 2.88 bits per heavy atom. The summed E-state index contributed by atoms with van der Waals surface area (Å²) in [4.78, 5) is 12.8. The van der Waals surface area contributed by atoms with Gasteiger partial charge in [-0.1, -0.05) is 6.07 Å². The lowest BCUT2D eigenvalue weighted by atomic mass is 10.2. The van der Waals surface area contributed by atoms with E-state index in [-0.39, 0.29) is 5.91 Å². The standard InChI is InChI=1S/C12H12N2O2S/c1-8(11-4-3-7-17-11)13-14-12(15)10-5-6-16-9(10)2/h3-7H,1-2H3,(H,14,15)/b13-8-. The number of hydrazone groups is 1. The Balaban J connectivity index is 2.06. The zero-order valence-electron chi connectivity index (χ0n) is 9.56. The largest absolute Gasteiger partial charge is 0.469 e. The van der Waals surface area contributed by atoms with E-state index in [0.717, 1.165) is 10.6 Å². The minimum absolute atomic E-state index is 0.257. The molecule has 4 nitrogen and oxygen atoms in total. The molecule has 5 heteroatoms. The fourth-order valence-corrected chi connectivity index (χ4v) is 2.03. The lowest BCUT2D eigenvalue weighted by Crippen LogP contribution is -2.19. The first-order chi connectivity index (χ1) is 8.18. The third-order valence-corrected chi connectivity index (χ3v) is 3.29. The fourth-order valence-electron chi connectivity index (χ4n) is 1.35. The molecule has 1 N–H and O–H groups in total. The van der Waals surface area contributed by atoms with E-state index in [1.165, 1.54) is 6.26 Å². The number of hydrogen-bond acceptors (Lipinski definition) is 4. The number of amides is 1. The highest BCUT2D eigenvalue weighted by Gasteiger charge is 2.10. The lowest BCUT2D eigenvalue weighted by molar-refractivity contribution is 0.0953. The monoisotopic (exact) mass is 248 g/mol. The molecule has 0 spiro atoms. The zero-order chi connectivity index (χ0) is 12.3. The van der Waals surface area contributed by atoms with Gasteiger partial charge in [-0.05, 0) is 31.4 Å². The lowest BCUT2D eigenvalue weighted by Gasteiger charge is -1.99. The minimum atomic E-state index is -0.257. The molecule has 0 saturated heterocycles. The molecule has 0 aromatic carbocycles. The first-order valence-corrected chi connectivity index (χ1v) is 5.99. The average Bonchev–Trinajstić information content (AvgIpc) is 2.95. The Morgan fingerprint density at radius 1 is 1.47 bits per heavy atom. The molecule has 0 atom stereocenters. The molecular weight excluding hydrogens is 236 g/mol. The Kier molecular flexibility index (Phi) is 3.39. The number of nitrogens with zero attached hydrogens (tertiary/aromatic N) is 1. The summed E-state index contributed by atoms with van der Waals surface area (Å²) in [6.07, 6.45) is 1.49. The van der Waals surface area contributed by atoms with Crippen LogP contribution in [0.4, 0.5) is 0 Å². The van der Waals surface area contributed by atoms with Crippen molar-refractivity contribution < 1.29 is 9.21 Å². The predicted octanol–water partition coefficient (Wildman–Crippen LogP) is 2.80. The van der Waals surface area contributed by atoms with Gasteiger partial charge in [0.25, 0.3) is 5.91 Å². The van der Waals surface area contributed by atoms with Crippen LogP contribution < -0.4 is 5.43 Å². The maximum Gasteiger partial charge on any atom is 0.274 e. The van der Waals surface area contributed by atoms with Crippen LogP contribution in [0.2, 0.25) is 0 Å². The highest BCUT2D eigenvalue weighted by atomic mass is 32.1. The molecule has 0 bridgehead atoms. The van der Waals surface area contributed by atoms with Crippen molar-refractivity contribution in [3.8, 4) is 0 Å². The van der Waals surface area contributed by atoms with Gasteiger partial charge in [0.1, 0.15) is 5.76 Å². The van der Waals surface area contributed by atoms with Crippen LogP contribution >= 0.6 is 11.3 Å². The number of thiophene rings is 1. The summed E-state index contributed by atoms with van der Waals surface area (Å²) in [6, 6.07) is 5.53. The second kappa shape index (κ2) is 4.97. The first kappa shape index (κ1) is 11.6. The van der Waals surface area contributed by atoms with Crippen LogP contribution in [0.15, 0.2) is 39.4 Å². The molecule has 17 heavy (non-hydrogen) atoms. The smallest absolute Gasteiger partial charge is 0.274 e. The van der Waals surface area contributed by atoms with Gasteiger partial charge in [0, 0.05) is 4.88 Å². The van der Waals surface area contributed by atoms with Crippen molar-refractivity contribution in [2.24, 2.45) is 5.10 Å². The third-order valence-electron chi connectivity index (χ3n) is 2.31. The van der Waals surface area contributed by atoms with Crippen LogP contribution in [0.1, 0.15) is 27.9 Å². The van der Waals surface area contributed by atoms with Crippen molar-refractivity contribution in [3.63, 3.8) is 0 Å². The summed E-state index contributed by atoms with van der Waals surface area (Å²) >= 11 is 1.58. The summed E-state index contributed by atoms with van der Waals surface area (Å²) in [5.74, 6) is 0.332. The van der Waals surface area contributed by atoms with Gasteiger partial charge in [-0.25, -0.2) is 5.43 Å². The van der Waals surface area contributed by atoms with Crippen LogP contribution in [0.25, 0.3) is 0 Å². The molecule has 0 aliphatic rings. The molecule has 0 unspecified atom stereocenters. The molecule has 0 fully saturated rings. The van der Waals surface area contributed by atoms with E-state index in [4.69, 9.17) is 4.42 Å². The number of furan rings is 1. The van der Waals surface area contributed by atoms with Gasteiger partial charge in [-0.2, -0.15) is 5.10 Å². The first-order valence-electron chi connectivity index (χ1n) is 5.11. The number of nitrogens with one attached hydrogen (secondary N) is 1. The fraction of sp³-hybridized carbons (Fsp3) is 0.167. The number of hydrogen-bond donors (Lipinski definition) is 1. The Bertz CT molecular complexity index is 541. The molecule has 2 aromatic rings. The quantitative estimate of drug-likeness (QED) is 0.670. The van der Waals surface area contributed by atoms with Gasteiger partial charge in [-0.3, -0.25) is 4.79 Å². The molecule has 1 amide bonds. The van der Waals surface area contributed by atoms with Gasteiger partial charge < -0.3 is 4.42 Å². The summed E-state index contributed by atoms with van der Waals surface area (Å²) in [6.45, 7) is 3.60. The number of rotatable bonds is 3. The van der Waals surface area contributed by atoms with E-state index in [1.807, 2.05) is 24.4 Å². The van der Waals surface area contributed by atoms with Crippen LogP contribution in [-0.4, -0.2) is 11.6 Å². The number of aryl methyl sites for hydroxylation is 1. The van der Waals surface area contributed by atoms with E-state index in [2.05, 4.69) is 10.5 Å². The van der Waals surface area contributed by atoms with Gasteiger partial charge in [-0.15, -0.1) is 11.3 Å². The Hall–Kier alpha value is -1.88. The SMILES string of the molecule is C/C(=N/NC(=O)c1ccoc1C)c1cccs1. The van der Waals surface area contributed by atoms with Gasteiger partial charge in [0.15, 0.2) is 0 Å². The topological polar surface area (TPSA) is 54.6 Å². The molecule has 0 aliphatic carbocycles. The molecule has 2 aromatic heterocycles. The van der Waals surface area contributed by atoms with Crippen molar-refractivity contribution >= 4 is 23.0 Å². The van der Waals surface area contributed by atoms with E-state index < -0.39 is 0 Å². The predicted molar refractivity (Wildman–Crippen MR) is 67.4 cm³/mol. The molecular formula is C12H12N2O2S. The highest BCUT2D eigenvalue weighted by molar-refractivity contribution is 7.12. The van der Waals surface area contributed by atoms with E-state index in [1.54, 1.807) is 24.3 Å². The van der Waals surface area contributed by atoms with Crippen LogP contribution in [0, 0.1) is 6.92 Å². The van der Waals surface area contributed by atoms with E-state index >= 15 is 0 Å². The van der Waals surface area contributed by atoms with Crippen LogP contribution in [0.3, 0.4) is 0 Å². The van der Waals surface area contributed by atoms with Crippen LogP contribution in [0.5, 0.6) is 0 Å². The second-order valence-corrected chi connectivity index (χ2v) is 4.45. The number of carbonyl (C=O) groups excluding carboxylic acids is 1. The summed E-state index contributed by atoms with van der Waals surface area (Å²) in [5.41, 5.74) is 3.80. The van der Waals surface area contributed by atoms with E-state index in [9.17, 15) is 4.79 Å². The summed E-state index contributed by atoms with van der Waals surface area (Å²) in [7, 11) is 0. The van der Waals surface area contributed by atoms with Gasteiger partial charge >= 0.3 is 0 Å². The third kappa shape index (κ3) is 2.62. The molecule has 0 saturated carbocycles. The maximum absolute atomic E-state index is 11.7. The van der Waals surface area contributed by atoms with Crippen molar-refractivity contribution in [1.29, 1.82) is 0 Å². The summed E-state index contributed by atoms with van der Waals surface area (Å²) < 4.78 is 5.06. The van der Waals surface area contributed by atoms with Crippen molar-refractivity contribution in [2.45, 2.75) is 13.8 Å². The van der Waals surface area contributed by atoms with E-state index in [0.29, 0.717) is 11.3 Å². The molecule has 2 rings (SSSR count). The summed E-state index contributed by atoms with van der Waals surface area (Å²) in [5, 5.41) is 6.02.